The second-order valence-corrected chi connectivity index (χ2v) is 5.89. The maximum atomic E-state index is 12.9. The lowest BCUT2D eigenvalue weighted by atomic mass is 10.0. The normalized spacial score (nSPS) is 17.4. The summed E-state index contributed by atoms with van der Waals surface area (Å²) in [5.74, 6) is -1.08. The molecule has 1 atom stereocenters. The zero-order valence-electron chi connectivity index (χ0n) is 13.9. The topological polar surface area (TPSA) is 92.8 Å². The lowest BCUT2D eigenvalue weighted by molar-refractivity contribution is -0.136. The third-order valence-corrected chi connectivity index (χ3v) is 3.76. The second kappa shape index (κ2) is 7.25. The number of piperidine rings is 1. The fourth-order valence-corrected chi connectivity index (χ4v) is 2.60. The van der Waals surface area contributed by atoms with E-state index in [-0.39, 0.29) is 36.0 Å². The zero-order valence-corrected chi connectivity index (χ0v) is 13.9. The molecule has 1 N–H and O–H groups in total. The summed E-state index contributed by atoms with van der Waals surface area (Å²) < 4.78 is 5.63. The van der Waals surface area contributed by atoms with Gasteiger partial charge in [-0.2, -0.15) is 0 Å². The van der Waals surface area contributed by atoms with Crippen LogP contribution in [-0.4, -0.2) is 48.1 Å². The number of nitrogens with one attached hydrogen (secondary N) is 1. The van der Waals surface area contributed by atoms with Gasteiger partial charge in [0.25, 0.3) is 5.91 Å². The van der Waals surface area contributed by atoms with Gasteiger partial charge in [-0.05, 0) is 26.3 Å². The standard InChI is InChI=1S/C17H20N2O5/c1-10(2)24-13-6-4-5-11(9-20)15(13)17(23)19(3)12-7-8-14(21)18-16(12)22/h4-6,9-10,12H,7-8H2,1-3H3,(H,18,21,22). The first kappa shape index (κ1) is 17.7. The average Bonchev–Trinajstić information content (AvgIpc) is 2.52. The van der Waals surface area contributed by atoms with Gasteiger partial charge in [0.2, 0.25) is 11.8 Å². The molecule has 1 aliphatic heterocycles. The molecule has 1 fully saturated rings. The summed E-state index contributed by atoms with van der Waals surface area (Å²) in [5.41, 5.74) is 0.311. The number of ether oxygens (including phenoxy) is 1. The molecule has 1 aromatic carbocycles. The number of aldehydes is 1. The molecule has 0 aliphatic carbocycles. The van der Waals surface area contributed by atoms with E-state index in [0.29, 0.717) is 12.0 Å². The maximum Gasteiger partial charge on any atom is 0.258 e. The molecule has 1 heterocycles. The van der Waals surface area contributed by atoms with Crippen LogP contribution in [0.5, 0.6) is 5.75 Å². The summed E-state index contributed by atoms with van der Waals surface area (Å²) >= 11 is 0. The SMILES string of the molecule is CC(C)Oc1cccc(C=O)c1C(=O)N(C)C1CCC(=O)NC1=O. The first-order valence-corrected chi connectivity index (χ1v) is 7.70. The molecular formula is C17H20N2O5. The number of rotatable bonds is 5. The lowest BCUT2D eigenvalue weighted by Crippen LogP contribution is -2.53. The van der Waals surface area contributed by atoms with Gasteiger partial charge in [-0.15, -0.1) is 0 Å². The highest BCUT2D eigenvalue weighted by Crippen LogP contribution is 2.26. The summed E-state index contributed by atoms with van der Waals surface area (Å²) in [4.78, 5) is 48.7. The number of hydrogen-bond donors (Lipinski definition) is 1. The third-order valence-electron chi connectivity index (χ3n) is 3.76. The zero-order chi connectivity index (χ0) is 17.9. The number of hydrogen-bond acceptors (Lipinski definition) is 5. The molecule has 3 amide bonds. The molecule has 2 rings (SSSR count). The molecule has 1 aromatic rings. The third kappa shape index (κ3) is 3.61. The van der Waals surface area contributed by atoms with Gasteiger partial charge in [0.15, 0.2) is 6.29 Å². The van der Waals surface area contributed by atoms with Crippen molar-refractivity contribution in [3.8, 4) is 5.75 Å². The van der Waals surface area contributed by atoms with Crippen molar-refractivity contribution in [2.75, 3.05) is 7.05 Å². The highest BCUT2D eigenvalue weighted by molar-refractivity contribution is 6.07. The minimum absolute atomic E-state index is 0.119. The minimum Gasteiger partial charge on any atom is -0.490 e. The number of nitrogens with zero attached hydrogens (tertiary/aromatic N) is 1. The minimum atomic E-state index is -0.762. The van der Waals surface area contributed by atoms with Crippen LogP contribution >= 0.6 is 0 Å². The first-order chi connectivity index (χ1) is 11.3. The second-order valence-electron chi connectivity index (χ2n) is 5.89. The number of carbonyl (C=O) groups is 4. The summed E-state index contributed by atoms with van der Waals surface area (Å²) in [6, 6.07) is 4.00. The van der Waals surface area contributed by atoms with Crippen LogP contribution in [0, 0.1) is 0 Å². The van der Waals surface area contributed by atoms with Crippen molar-refractivity contribution in [2.45, 2.75) is 38.8 Å². The van der Waals surface area contributed by atoms with Gasteiger partial charge in [-0.25, -0.2) is 0 Å². The van der Waals surface area contributed by atoms with Crippen LogP contribution < -0.4 is 10.1 Å². The highest BCUT2D eigenvalue weighted by atomic mass is 16.5. The Kier molecular flexibility index (Phi) is 5.33. The summed E-state index contributed by atoms with van der Waals surface area (Å²) in [6.07, 6.45) is 0.813. The van der Waals surface area contributed by atoms with Crippen molar-refractivity contribution in [3.63, 3.8) is 0 Å². The van der Waals surface area contributed by atoms with Gasteiger partial charge in [-0.1, -0.05) is 12.1 Å². The van der Waals surface area contributed by atoms with Crippen LogP contribution in [0.2, 0.25) is 0 Å². The van der Waals surface area contributed by atoms with Gasteiger partial charge >= 0.3 is 0 Å². The molecule has 1 saturated heterocycles. The van der Waals surface area contributed by atoms with Crippen LogP contribution in [0.4, 0.5) is 0 Å². The van der Waals surface area contributed by atoms with E-state index in [9.17, 15) is 19.2 Å². The largest absolute Gasteiger partial charge is 0.490 e. The van der Waals surface area contributed by atoms with Crippen molar-refractivity contribution >= 4 is 24.0 Å². The lowest BCUT2D eigenvalue weighted by Gasteiger charge is -2.30. The molecule has 0 saturated carbocycles. The van der Waals surface area contributed by atoms with Gasteiger partial charge in [0.1, 0.15) is 11.8 Å². The van der Waals surface area contributed by atoms with Crippen LogP contribution in [0.1, 0.15) is 47.4 Å². The van der Waals surface area contributed by atoms with E-state index < -0.39 is 17.9 Å². The molecule has 1 unspecified atom stereocenters. The Bertz CT molecular complexity index is 684. The Morgan fingerprint density at radius 1 is 1.38 bits per heavy atom. The van der Waals surface area contributed by atoms with Crippen molar-refractivity contribution in [2.24, 2.45) is 0 Å². The number of benzene rings is 1. The van der Waals surface area contributed by atoms with E-state index in [2.05, 4.69) is 5.32 Å². The summed E-state index contributed by atoms with van der Waals surface area (Å²) in [6.45, 7) is 3.62. The Balaban J connectivity index is 2.35. The van der Waals surface area contributed by atoms with Gasteiger partial charge in [0, 0.05) is 19.0 Å². The Morgan fingerprint density at radius 2 is 2.08 bits per heavy atom. The highest BCUT2D eigenvalue weighted by Gasteiger charge is 2.34. The van der Waals surface area contributed by atoms with E-state index in [1.807, 2.05) is 13.8 Å². The molecule has 0 radical (unpaired) electrons. The Morgan fingerprint density at radius 3 is 2.67 bits per heavy atom. The summed E-state index contributed by atoms with van der Waals surface area (Å²) in [7, 11) is 1.48. The smallest absolute Gasteiger partial charge is 0.258 e. The molecule has 0 bridgehead atoms. The van der Waals surface area contributed by atoms with E-state index in [0.717, 1.165) is 0 Å². The molecular weight excluding hydrogens is 312 g/mol. The molecule has 7 nitrogen and oxygen atoms in total. The van der Waals surface area contributed by atoms with Crippen LogP contribution in [-0.2, 0) is 9.59 Å². The van der Waals surface area contributed by atoms with Crippen molar-refractivity contribution in [1.29, 1.82) is 0 Å². The van der Waals surface area contributed by atoms with Crippen LogP contribution in [0.3, 0.4) is 0 Å². The summed E-state index contributed by atoms with van der Waals surface area (Å²) in [5, 5.41) is 2.22. The predicted octanol–water partition coefficient (Wildman–Crippen LogP) is 1.16. The molecule has 24 heavy (non-hydrogen) atoms. The number of imide groups is 1. The fraction of sp³-hybridized carbons (Fsp3) is 0.412. The maximum absolute atomic E-state index is 12.9. The molecule has 128 valence electrons. The first-order valence-electron chi connectivity index (χ1n) is 7.70. The van der Waals surface area contributed by atoms with Gasteiger partial charge in [0.05, 0.1) is 11.7 Å². The van der Waals surface area contributed by atoms with E-state index in [1.165, 1.54) is 18.0 Å². The van der Waals surface area contributed by atoms with Crippen molar-refractivity contribution < 1.29 is 23.9 Å². The van der Waals surface area contributed by atoms with E-state index in [4.69, 9.17) is 4.74 Å². The monoisotopic (exact) mass is 332 g/mol. The van der Waals surface area contributed by atoms with E-state index in [1.54, 1.807) is 12.1 Å². The number of amides is 3. The van der Waals surface area contributed by atoms with Gasteiger partial charge in [-0.3, -0.25) is 24.5 Å². The fourth-order valence-electron chi connectivity index (χ4n) is 2.60. The Labute approximate surface area is 140 Å². The van der Waals surface area contributed by atoms with Crippen LogP contribution in [0.15, 0.2) is 18.2 Å². The Hall–Kier alpha value is -2.70. The molecule has 1 aliphatic rings. The number of carbonyl (C=O) groups excluding carboxylic acids is 4. The van der Waals surface area contributed by atoms with Gasteiger partial charge < -0.3 is 9.64 Å². The van der Waals surface area contributed by atoms with Crippen molar-refractivity contribution in [3.05, 3.63) is 29.3 Å². The number of likely N-dealkylation sites (N-methyl/N-ethyl adjacent to an activating group) is 1. The van der Waals surface area contributed by atoms with E-state index >= 15 is 0 Å². The predicted molar refractivity (Wildman–Crippen MR) is 85.9 cm³/mol. The molecule has 7 heteroatoms. The van der Waals surface area contributed by atoms with Crippen molar-refractivity contribution in [1.82, 2.24) is 10.2 Å². The van der Waals surface area contributed by atoms with Crippen LogP contribution in [0.25, 0.3) is 0 Å². The molecule has 0 spiro atoms. The average molecular weight is 332 g/mol. The molecule has 0 aromatic heterocycles. The quantitative estimate of drug-likeness (QED) is 0.645.